The van der Waals surface area contributed by atoms with Gasteiger partial charge in [0.05, 0.1) is 0 Å². The quantitative estimate of drug-likeness (QED) is 0.781. The highest BCUT2D eigenvalue weighted by Gasteiger charge is 2.41. The number of likely N-dealkylation sites (tertiary alicyclic amines) is 1. The number of nitrogens with one attached hydrogen (secondary N) is 1. The summed E-state index contributed by atoms with van der Waals surface area (Å²) in [5.41, 5.74) is 1.77. The molecule has 0 aromatic heterocycles. The van der Waals surface area contributed by atoms with Crippen LogP contribution in [0.25, 0.3) is 0 Å². The van der Waals surface area contributed by atoms with Crippen molar-refractivity contribution in [2.24, 2.45) is 5.92 Å². The molecule has 0 radical (unpaired) electrons. The minimum Gasteiger partial charge on any atom is -0.330 e. The van der Waals surface area contributed by atoms with Gasteiger partial charge in [0.15, 0.2) is 6.61 Å². The Morgan fingerprint density at radius 2 is 1.95 bits per heavy atom. The van der Waals surface area contributed by atoms with E-state index in [1.165, 1.54) is 4.90 Å². The highest BCUT2D eigenvalue weighted by Crippen LogP contribution is 2.33. The summed E-state index contributed by atoms with van der Waals surface area (Å²) >= 11 is 0. The third kappa shape index (κ3) is 3.82. The lowest BCUT2D eigenvalue weighted by Gasteiger charge is -2.23. The number of halogens is 3. The molecule has 0 bridgehead atoms. The summed E-state index contributed by atoms with van der Waals surface area (Å²) in [5.74, 6) is -0.770. The number of rotatable bonds is 4. The van der Waals surface area contributed by atoms with Gasteiger partial charge >= 0.3 is 6.18 Å². The fourth-order valence-electron chi connectivity index (χ4n) is 2.12. The van der Waals surface area contributed by atoms with Gasteiger partial charge in [-0.1, -0.05) is 0 Å². The normalized spacial score (nSPS) is 23.5. The smallest absolute Gasteiger partial charge is 0.330 e. The molecule has 1 heterocycles. The van der Waals surface area contributed by atoms with Gasteiger partial charge in [-0.3, -0.25) is 14.4 Å². The Labute approximate surface area is 108 Å². The monoisotopic (exact) mass is 280 g/mol. The van der Waals surface area contributed by atoms with Crippen LogP contribution in [0.2, 0.25) is 0 Å². The SMILES string of the molecule is O=C(NOCC(F)(F)F)C1CCCN1C(=O)C1CC1. The third-order valence-corrected chi connectivity index (χ3v) is 3.17. The zero-order valence-corrected chi connectivity index (χ0v) is 10.2. The molecule has 1 saturated heterocycles. The van der Waals surface area contributed by atoms with Gasteiger partial charge < -0.3 is 4.90 Å². The van der Waals surface area contributed by atoms with Gasteiger partial charge in [-0.15, -0.1) is 0 Å². The van der Waals surface area contributed by atoms with E-state index in [2.05, 4.69) is 4.84 Å². The Balaban J connectivity index is 1.82. The molecular weight excluding hydrogens is 265 g/mol. The first-order chi connectivity index (χ1) is 8.88. The molecule has 0 spiro atoms. The topological polar surface area (TPSA) is 58.6 Å². The molecule has 8 heteroatoms. The largest absolute Gasteiger partial charge is 0.414 e. The van der Waals surface area contributed by atoms with Gasteiger partial charge in [-0.25, -0.2) is 5.48 Å². The molecule has 1 unspecified atom stereocenters. The van der Waals surface area contributed by atoms with Crippen molar-refractivity contribution in [2.45, 2.75) is 37.9 Å². The molecule has 2 fully saturated rings. The standard InChI is InChI=1S/C11H15F3N2O3/c12-11(13,14)6-19-15-9(17)8-2-1-5-16(8)10(18)7-3-4-7/h7-8H,1-6H2,(H,15,17). The fraction of sp³-hybridized carbons (Fsp3) is 0.818. The molecule has 2 amide bonds. The van der Waals surface area contributed by atoms with E-state index < -0.39 is 24.7 Å². The lowest BCUT2D eigenvalue weighted by Crippen LogP contribution is -2.47. The van der Waals surface area contributed by atoms with Crippen LogP contribution < -0.4 is 5.48 Å². The summed E-state index contributed by atoms with van der Waals surface area (Å²) in [6.07, 6.45) is -1.70. The number of hydrogen-bond acceptors (Lipinski definition) is 3. The van der Waals surface area contributed by atoms with Crippen molar-refractivity contribution in [2.75, 3.05) is 13.2 Å². The number of carbonyl (C=O) groups is 2. The average Bonchev–Trinajstić information content (AvgIpc) is 3.03. The van der Waals surface area contributed by atoms with Crippen molar-refractivity contribution in [3.63, 3.8) is 0 Å². The van der Waals surface area contributed by atoms with Gasteiger partial charge in [0.2, 0.25) is 5.91 Å². The number of nitrogens with zero attached hydrogens (tertiary/aromatic N) is 1. The number of hydrogen-bond donors (Lipinski definition) is 1. The molecule has 19 heavy (non-hydrogen) atoms. The minimum absolute atomic E-state index is 0.00973. The molecule has 2 aliphatic rings. The minimum atomic E-state index is -4.49. The first-order valence-corrected chi connectivity index (χ1v) is 6.17. The Hall–Kier alpha value is -1.31. The summed E-state index contributed by atoms with van der Waals surface area (Å²) in [7, 11) is 0. The highest BCUT2D eigenvalue weighted by atomic mass is 19.4. The lowest BCUT2D eigenvalue weighted by molar-refractivity contribution is -0.193. The van der Waals surface area contributed by atoms with Crippen molar-refractivity contribution in [3.8, 4) is 0 Å². The molecule has 0 aromatic carbocycles. The number of amides is 2. The summed E-state index contributed by atoms with van der Waals surface area (Å²) in [6, 6.07) is -0.707. The van der Waals surface area contributed by atoms with E-state index in [-0.39, 0.29) is 11.8 Å². The summed E-state index contributed by atoms with van der Waals surface area (Å²) in [4.78, 5) is 29.1. The van der Waals surface area contributed by atoms with E-state index in [9.17, 15) is 22.8 Å². The van der Waals surface area contributed by atoms with Gasteiger partial charge in [0, 0.05) is 12.5 Å². The second-order valence-electron chi connectivity index (χ2n) is 4.83. The highest BCUT2D eigenvalue weighted by molar-refractivity contribution is 5.89. The van der Waals surface area contributed by atoms with Gasteiger partial charge in [-0.2, -0.15) is 13.2 Å². The third-order valence-electron chi connectivity index (χ3n) is 3.17. The van der Waals surface area contributed by atoms with Crippen LogP contribution in [0, 0.1) is 5.92 Å². The van der Waals surface area contributed by atoms with Crippen LogP contribution in [0.1, 0.15) is 25.7 Å². The van der Waals surface area contributed by atoms with Crippen molar-refractivity contribution in [1.82, 2.24) is 10.4 Å². The van der Waals surface area contributed by atoms with Crippen molar-refractivity contribution in [3.05, 3.63) is 0 Å². The summed E-state index contributed by atoms with van der Waals surface area (Å²) < 4.78 is 35.6. The van der Waals surface area contributed by atoms with Crippen molar-refractivity contribution >= 4 is 11.8 Å². The van der Waals surface area contributed by atoms with Crippen LogP contribution in [0.3, 0.4) is 0 Å². The number of carbonyl (C=O) groups excluding carboxylic acids is 2. The first kappa shape index (κ1) is 14.1. The second kappa shape index (κ2) is 5.36. The van der Waals surface area contributed by atoms with Crippen LogP contribution in [-0.4, -0.2) is 42.1 Å². The predicted molar refractivity (Wildman–Crippen MR) is 57.6 cm³/mol. The molecule has 0 aromatic rings. The van der Waals surface area contributed by atoms with Gasteiger partial charge in [0.1, 0.15) is 6.04 Å². The molecule has 1 saturated carbocycles. The Kier molecular flexibility index (Phi) is 3.98. The van der Waals surface area contributed by atoms with E-state index in [1.54, 1.807) is 5.48 Å². The summed E-state index contributed by atoms with van der Waals surface area (Å²) in [6.45, 7) is -1.06. The van der Waals surface area contributed by atoms with Crippen molar-refractivity contribution < 1.29 is 27.6 Å². The lowest BCUT2D eigenvalue weighted by atomic mass is 10.2. The van der Waals surface area contributed by atoms with E-state index in [1.807, 2.05) is 0 Å². The Morgan fingerprint density at radius 3 is 2.53 bits per heavy atom. The fourth-order valence-corrected chi connectivity index (χ4v) is 2.12. The Morgan fingerprint density at radius 1 is 1.26 bits per heavy atom. The number of hydroxylamine groups is 1. The first-order valence-electron chi connectivity index (χ1n) is 6.17. The van der Waals surface area contributed by atoms with Gasteiger partial charge in [-0.05, 0) is 25.7 Å². The van der Waals surface area contributed by atoms with Crippen LogP contribution in [0.5, 0.6) is 0 Å². The molecular formula is C11H15F3N2O3. The number of alkyl halides is 3. The predicted octanol–water partition coefficient (Wildman–Crippen LogP) is 0.997. The van der Waals surface area contributed by atoms with E-state index in [0.29, 0.717) is 19.4 Å². The van der Waals surface area contributed by atoms with Crippen molar-refractivity contribution in [1.29, 1.82) is 0 Å². The zero-order valence-electron chi connectivity index (χ0n) is 10.2. The van der Waals surface area contributed by atoms with Crippen LogP contribution in [0.4, 0.5) is 13.2 Å². The molecule has 1 atom stereocenters. The molecule has 2 rings (SSSR count). The van der Waals surface area contributed by atoms with Gasteiger partial charge in [0.25, 0.3) is 5.91 Å². The van der Waals surface area contributed by atoms with Crippen LogP contribution >= 0.6 is 0 Å². The van der Waals surface area contributed by atoms with E-state index in [0.717, 1.165) is 12.8 Å². The second-order valence-corrected chi connectivity index (χ2v) is 4.83. The van der Waals surface area contributed by atoms with E-state index in [4.69, 9.17) is 0 Å². The maximum absolute atomic E-state index is 11.9. The molecule has 5 nitrogen and oxygen atoms in total. The maximum atomic E-state index is 11.9. The average molecular weight is 280 g/mol. The van der Waals surface area contributed by atoms with Crippen LogP contribution in [0.15, 0.2) is 0 Å². The van der Waals surface area contributed by atoms with E-state index >= 15 is 0 Å². The summed E-state index contributed by atoms with van der Waals surface area (Å²) in [5, 5.41) is 0. The van der Waals surface area contributed by atoms with Crippen LogP contribution in [-0.2, 0) is 14.4 Å². The molecule has 108 valence electrons. The molecule has 1 aliphatic heterocycles. The maximum Gasteiger partial charge on any atom is 0.414 e. The zero-order chi connectivity index (χ0) is 14.0. The molecule has 1 aliphatic carbocycles. The molecule has 1 N–H and O–H groups in total. The Bertz CT molecular complexity index is 369.